The molecule has 0 radical (unpaired) electrons. The van der Waals surface area contributed by atoms with E-state index in [1.165, 1.54) is 16.7 Å². The molecule has 5 rings (SSSR count). The summed E-state index contributed by atoms with van der Waals surface area (Å²) in [6, 6.07) is 52.9. The average Bonchev–Trinajstić information content (AvgIpc) is 2.93. The molecule has 0 spiro atoms. The second-order valence-electron chi connectivity index (χ2n) is 8.39. The van der Waals surface area contributed by atoms with Gasteiger partial charge in [0.1, 0.15) is 5.54 Å². The monoisotopic (exact) mass is 440 g/mol. The summed E-state index contributed by atoms with van der Waals surface area (Å²) in [5.41, 5.74) is 5.10. The van der Waals surface area contributed by atoms with Crippen LogP contribution in [0.15, 0.2) is 152 Å². The Kier molecular flexibility index (Phi) is 6.40. The number of hydrogen-bond donors (Lipinski definition) is 2. The van der Waals surface area contributed by atoms with Gasteiger partial charge in [0.05, 0.1) is 6.04 Å². The van der Waals surface area contributed by atoms with E-state index in [0.717, 1.165) is 11.4 Å². The van der Waals surface area contributed by atoms with Crippen molar-refractivity contribution in [3.8, 4) is 0 Å². The van der Waals surface area contributed by atoms with Crippen LogP contribution in [0.1, 0.15) is 22.7 Å². The fourth-order valence-electron chi connectivity index (χ4n) is 4.66. The van der Waals surface area contributed by atoms with E-state index in [1.54, 1.807) is 0 Å². The molecule has 2 N–H and O–H groups in total. The van der Waals surface area contributed by atoms with E-state index in [4.69, 9.17) is 0 Å². The van der Waals surface area contributed by atoms with Gasteiger partial charge >= 0.3 is 0 Å². The molecule has 0 amide bonds. The Morgan fingerprint density at radius 2 is 0.794 bits per heavy atom. The largest absolute Gasteiger partial charge is 0.375 e. The highest BCUT2D eigenvalue weighted by Gasteiger charge is 2.43. The molecule has 34 heavy (non-hydrogen) atoms. The third-order valence-electron chi connectivity index (χ3n) is 6.22. The van der Waals surface area contributed by atoms with Crippen LogP contribution in [-0.2, 0) is 5.54 Å². The van der Waals surface area contributed by atoms with Crippen LogP contribution >= 0.6 is 0 Å². The maximum atomic E-state index is 3.98. The zero-order chi connectivity index (χ0) is 23.1. The molecule has 0 saturated carbocycles. The molecule has 0 aromatic heterocycles. The normalized spacial score (nSPS) is 12.0. The van der Waals surface area contributed by atoms with Crippen LogP contribution < -0.4 is 10.6 Å². The summed E-state index contributed by atoms with van der Waals surface area (Å²) < 4.78 is 0. The maximum absolute atomic E-state index is 3.98. The van der Waals surface area contributed by atoms with E-state index in [9.17, 15) is 0 Å². The third kappa shape index (κ3) is 4.44. The number of nitrogens with one attached hydrogen (secondary N) is 2. The van der Waals surface area contributed by atoms with Crippen molar-refractivity contribution in [3.63, 3.8) is 0 Å². The van der Waals surface area contributed by atoms with Crippen LogP contribution in [0.2, 0.25) is 0 Å². The van der Waals surface area contributed by atoms with E-state index < -0.39 is 5.54 Å². The quantitative estimate of drug-likeness (QED) is 0.256. The molecule has 166 valence electrons. The minimum Gasteiger partial charge on any atom is -0.375 e. The van der Waals surface area contributed by atoms with Gasteiger partial charge in [-0.25, -0.2) is 0 Å². The molecule has 0 heterocycles. The fourth-order valence-corrected chi connectivity index (χ4v) is 4.66. The topological polar surface area (TPSA) is 24.1 Å². The summed E-state index contributed by atoms with van der Waals surface area (Å²) in [6.45, 7) is 0. The molecule has 1 atom stereocenters. The van der Waals surface area contributed by atoms with Crippen LogP contribution in [0, 0.1) is 0 Å². The van der Waals surface area contributed by atoms with Gasteiger partial charge in [0, 0.05) is 11.4 Å². The van der Waals surface area contributed by atoms with Crippen LogP contribution in [-0.4, -0.2) is 0 Å². The molecule has 2 heteroatoms. The van der Waals surface area contributed by atoms with Crippen LogP contribution in [0.5, 0.6) is 0 Å². The Morgan fingerprint density at radius 1 is 0.412 bits per heavy atom. The summed E-state index contributed by atoms with van der Waals surface area (Å²) in [5, 5.41) is 7.87. The van der Waals surface area contributed by atoms with Crippen molar-refractivity contribution in [2.45, 2.75) is 11.6 Å². The number of anilines is 2. The molecule has 5 aromatic rings. The van der Waals surface area contributed by atoms with Crippen molar-refractivity contribution < 1.29 is 0 Å². The summed E-state index contributed by atoms with van der Waals surface area (Å²) in [5.74, 6) is 0. The summed E-state index contributed by atoms with van der Waals surface area (Å²) in [6.07, 6.45) is 0. The lowest BCUT2D eigenvalue weighted by molar-refractivity contribution is 0.499. The zero-order valence-electron chi connectivity index (χ0n) is 19.0. The van der Waals surface area contributed by atoms with Crippen molar-refractivity contribution in [1.29, 1.82) is 0 Å². The van der Waals surface area contributed by atoms with Gasteiger partial charge in [0.2, 0.25) is 0 Å². The lowest BCUT2D eigenvalue weighted by atomic mass is 9.73. The molecule has 0 aliphatic rings. The third-order valence-corrected chi connectivity index (χ3v) is 6.22. The van der Waals surface area contributed by atoms with Crippen LogP contribution in [0.3, 0.4) is 0 Å². The summed E-state index contributed by atoms with van der Waals surface area (Å²) in [7, 11) is 0. The number of hydrogen-bond acceptors (Lipinski definition) is 2. The minimum absolute atomic E-state index is 0.110. The van der Waals surface area contributed by atoms with Gasteiger partial charge < -0.3 is 10.6 Å². The molecular weight excluding hydrogens is 412 g/mol. The zero-order valence-corrected chi connectivity index (χ0v) is 19.0. The van der Waals surface area contributed by atoms with Gasteiger partial charge in [0.25, 0.3) is 0 Å². The Balaban J connectivity index is 1.79. The summed E-state index contributed by atoms with van der Waals surface area (Å²) >= 11 is 0. The van der Waals surface area contributed by atoms with E-state index in [1.807, 2.05) is 6.07 Å². The molecule has 0 bridgehead atoms. The van der Waals surface area contributed by atoms with Crippen molar-refractivity contribution in [1.82, 2.24) is 0 Å². The molecule has 1 unspecified atom stereocenters. The Bertz CT molecular complexity index is 1230. The Morgan fingerprint density at radius 3 is 1.26 bits per heavy atom. The van der Waals surface area contributed by atoms with Crippen molar-refractivity contribution in [2.75, 3.05) is 10.6 Å². The molecule has 0 fully saturated rings. The summed E-state index contributed by atoms with van der Waals surface area (Å²) in [4.78, 5) is 0. The van der Waals surface area contributed by atoms with Crippen LogP contribution in [0.4, 0.5) is 11.4 Å². The van der Waals surface area contributed by atoms with E-state index >= 15 is 0 Å². The minimum atomic E-state index is -0.596. The molecule has 2 nitrogen and oxygen atoms in total. The Labute approximate surface area is 201 Å². The highest BCUT2D eigenvalue weighted by molar-refractivity contribution is 5.59. The standard InChI is InChI=1S/C32H28N2/c1-6-16-26(17-7-1)31(33-29-22-12-4-13-23-29)32(27-18-8-2-9-19-27,28-20-10-3-11-21-28)34-30-24-14-5-15-25-30/h1-25,31,33-34H. The average molecular weight is 441 g/mol. The molecular formula is C32H28N2. The Hall–Kier alpha value is -4.30. The van der Waals surface area contributed by atoms with Gasteiger partial charge in [-0.05, 0) is 41.0 Å². The highest BCUT2D eigenvalue weighted by Crippen LogP contribution is 2.45. The molecule has 5 aromatic carbocycles. The van der Waals surface area contributed by atoms with Gasteiger partial charge in [-0.1, -0.05) is 127 Å². The van der Waals surface area contributed by atoms with Gasteiger partial charge in [-0.2, -0.15) is 0 Å². The van der Waals surface area contributed by atoms with Crippen molar-refractivity contribution in [2.24, 2.45) is 0 Å². The van der Waals surface area contributed by atoms with E-state index in [0.29, 0.717) is 0 Å². The lowest BCUT2D eigenvalue weighted by Gasteiger charge is -2.44. The smallest absolute Gasteiger partial charge is 0.113 e. The van der Waals surface area contributed by atoms with Gasteiger partial charge in [0.15, 0.2) is 0 Å². The molecule has 0 aliphatic heterocycles. The first kappa shape index (κ1) is 21.5. The number of benzene rings is 5. The number of rotatable bonds is 8. The lowest BCUT2D eigenvalue weighted by Crippen LogP contribution is -2.46. The van der Waals surface area contributed by atoms with Crippen molar-refractivity contribution in [3.05, 3.63) is 168 Å². The van der Waals surface area contributed by atoms with Gasteiger partial charge in [-0.3, -0.25) is 0 Å². The first-order chi connectivity index (χ1) is 16.9. The molecule has 0 saturated heterocycles. The van der Waals surface area contributed by atoms with E-state index in [-0.39, 0.29) is 6.04 Å². The fraction of sp³-hybridized carbons (Fsp3) is 0.0625. The second kappa shape index (κ2) is 10.1. The predicted molar refractivity (Wildman–Crippen MR) is 143 cm³/mol. The van der Waals surface area contributed by atoms with Crippen molar-refractivity contribution >= 4 is 11.4 Å². The second-order valence-corrected chi connectivity index (χ2v) is 8.39. The maximum Gasteiger partial charge on any atom is 0.113 e. The van der Waals surface area contributed by atoms with E-state index in [2.05, 4.69) is 156 Å². The number of para-hydroxylation sites is 2. The first-order valence-corrected chi connectivity index (χ1v) is 11.7. The molecule has 0 aliphatic carbocycles. The first-order valence-electron chi connectivity index (χ1n) is 11.7. The van der Waals surface area contributed by atoms with Gasteiger partial charge in [-0.15, -0.1) is 0 Å². The highest BCUT2D eigenvalue weighted by atomic mass is 15.1. The predicted octanol–water partition coefficient (Wildman–Crippen LogP) is 7.90. The van der Waals surface area contributed by atoms with Crippen LogP contribution in [0.25, 0.3) is 0 Å². The SMILES string of the molecule is c1ccc(NC(c2ccccc2)C(Nc2ccccc2)(c2ccccc2)c2ccccc2)cc1.